The molecule has 2 aromatic rings. The van der Waals surface area contributed by atoms with E-state index in [1.807, 2.05) is 0 Å². The van der Waals surface area contributed by atoms with E-state index in [0.29, 0.717) is 16.9 Å². The van der Waals surface area contributed by atoms with Crippen molar-refractivity contribution in [1.82, 2.24) is 4.57 Å². The molecule has 0 saturated heterocycles. The zero-order valence-corrected chi connectivity index (χ0v) is 10.6. The van der Waals surface area contributed by atoms with E-state index in [4.69, 9.17) is 0 Å². The molecular formula is C13H13N3O3. The molecule has 1 aromatic heterocycles. The number of nitro groups is 1. The second-order valence-electron chi connectivity index (χ2n) is 4.17. The SMILES string of the molecule is Cc1c(NC(=O)c2cccn2C)cccc1[N+](=O)[O-]. The number of nitro benzene ring substituents is 1. The summed E-state index contributed by atoms with van der Waals surface area (Å²) >= 11 is 0. The van der Waals surface area contributed by atoms with Crippen molar-refractivity contribution in [1.29, 1.82) is 0 Å². The fourth-order valence-corrected chi connectivity index (χ4v) is 1.84. The van der Waals surface area contributed by atoms with E-state index < -0.39 is 4.92 Å². The third-order valence-corrected chi connectivity index (χ3v) is 2.93. The van der Waals surface area contributed by atoms with Gasteiger partial charge in [-0.15, -0.1) is 0 Å². The molecule has 19 heavy (non-hydrogen) atoms. The molecule has 0 aliphatic rings. The quantitative estimate of drug-likeness (QED) is 0.679. The maximum atomic E-state index is 12.0. The molecule has 0 saturated carbocycles. The number of carbonyl (C=O) groups is 1. The smallest absolute Gasteiger partial charge is 0.274 e. The molecule has 1 heterocycles. The average molecular weight is 259 g/mol. The van der Waals surface area contributed by atoms with Crippen molar-refractivity contribution < 1.29 is 9.72 Å². The highest BCUT2D eigenvalue weighted by Crippen LogP contribution is 2.25. The highest BCUT2D eigenvalue weighted by molar-refractivity contribution is 6.03. The number of nitrogens with zero attached hydrogens (tertiary/aromatic N) is 2. The molecule has 0 aliphatic carbocycles. The van der Waals surface area contributed by atoms with Gasteiger partial charge in [0.15, 0.2) is 0 Å². The summed E-state index contributed by atoms with van der Waals surface area (Å²) in [5.41, 5.74) is 1.37. The summed E-state index contributed by atoms with van der Waals surface area (Å²) in [7, 11) is 1.76. The Labute approximate surface area is 109 Å². The molecule has 98 valence electrons. The van der Waals surface area contributed by atoms with Gasteiger partial charge in [-0.2, -0.15) is 0 Å². The number of rotatable bonds is 3. The van der Waals surface area contributed by atoms with Crippen molar-refractivity contribution in [2.45, 2.75) is 6.92 Å². The largest absolute Gasteiger partial charge is 0.347 e. The predicted molar refractivity (Wildman–Crippen MR) is 71.2 cm³/mol. The van der Waals surface area contributed by atoms with Crippen LogP contribution in [-0.4, -0.2) is 15.4 Å². The van der Waals surface area contributed by atoms with E-state index in [-0.39, 0.29) is 11.6 Å². The Bertz CT molecular complexity index is 646. The van der Waals surface area contributed by atoms with Crippen molar-refractivity contribution in [3.8, 4) is 0 Å². The lowest BCUT2D eigenvalue weighted by Crippen LogP contribution is -2.16. The van der Waals surface area contributed by atoms with Gasteiger partial charge in [0.25, 0.3) is 11.6 Å². The molecule has 0 spiro atoms. The van der Waals surface area contributed by atoms with Crippen molar-refractivity contribution in [2.24, 2.45) is 7.05 Å². The lowest BCUT2D eigenvalue weighted by Gasteiger charge is -2.09. The number of anilines is 1. The van der Waals surface area contributed by atoms with E-state index in [1.54, 1.807) is 49.0 Å². The average Bonchev–Trinajstić information content (AvgIpc) is 2.77. The fraction of sp³-hybridized carbons (Fsp3) is 0.154. The number of carbonyl (C=O) groups excluding carboxylic acids is 1. The Morgan fingerprint density at radius 2 is 2.05 bits per heavy atom. The second-order valence-corrected chi connectivity index (χ2v) is 4.17. The van der Waals surface area contributed by atoms with E-state index in [2.05, 4.69) is 5.32 Å². The molecule has 0 unspecified atom stereocenters. The monoisotopic (exact) mass is 259 g/mol. The van der Waals surface area contributed by atoms with Crippen LogP contribution in [0.2, 0.25) is 0 Å². The highest BCUT2D eigenvalue weighted by atomic mass is 16.6. The zero-order chi connectivity index (χ0) is 14.0. The Kier molecular flexibility index (Phi) is 3.33. The summed E-state index contributed by atoms with van der Waals surface area (Å²) in [6.07, 6.45) is 1.76. The molecule has 0 atom stereocenters. The van der Waals surface area contributed by atoms with Crippen LogP contribution in [0.25, 0.3) is 0 Å². The highest BCUT2D eigenvalue weighted by Gasteiger charge is 2.16. The van der Waals surface area contributed by atoms with Gasteiger partial charge in [-0.1, -0.05) is 6.07 Å². The van der Waals surface area contributed by atoms with Crippen LogP contribution in [0.1, 0.15) is 16.1 Å². The van der Waals surface area contributed by atoms with Crippen LogP contribution in [-0.2, 0) is 7.05 Å². The molecule has 6 nitrogen and oxygen atoms in total. The van der Waals surface area contributed by atoms with Crippen molar-refractivity contribution >= 4 is 17.3 Å². The van der Waals surface area contributed by atoms with E-state index in [0.717, 1.165) is 0 Å². The molecule has 1 N–H and O–H groups in total. The molecule has 6 heteroatoms. The second kappa shape index (κ2) is 4.93. The van der Waals surface area contributed by atoms with Crippen molar-refractivity contribution in [2.75, 3.05) is 5.32 Å². The van der Waals surface area contributed by atoms with Crippen LogP contribution >= 0.6 is 0 Å². The lowest BCUT2D eigenvalue weighted by molar-refractivity contribution is -0.385. The van der Waals surface area contributed by atoms with Gasteiger partial charge in [0.1, 0.15) is 5.69 Å². The van der Waals surface area contributed by atoms with Crippen LogP contribution in [0.15, 0.2) is 36.5 Å². The number of aryl methyl sites for hydroxylation is 1. The summed E-state index contributed by atoms with van der Waals surface area (Å²) in [6, 6.07) is 8.04. The first-order chi connectivity index (χ1) is 9.00. The zero-order valence-electron chi connectivity index (χ0n) is 10.6. The Balaban J connectivity index is 2.30. The van der Waals surface area contributed by atoms with Gasteiger partial charge in [0.2, 0.25) is 0 Å². The van der Waals surface area contributed by atoms with Gasteiger partial charge < -0.3 is 9.88 Å². The maximum Gasteiger partial charge on any atom is 0.274 e. The summed E-state index contributed by atoms with van der Waals surface area (Å²) in [6.45, 7) is 1.61. The molecular weight excluding hydrogens is 246 g/mol. The van der Waals surface area contributed by atoms with Gasteiger partial charge >= 0.3 is 0 Å². The minimum atomic E-state index is -0.465. The number of hydrogen-bond acceptors (Lipinski definition) is 3. The summed E-state index contributed by atoms with van der Waals surface area (Å²) in [4.78, 5) is 22.4. The van der Waals surface area contributed by atoms with Crippen molar-refractivity contribution in [3.05, 3.63) is 57.9 Å². The number of aromatic nitrogens is 1. The van der Waals surface area contributed by atoms with Gasteiger partial charge in [0.05, 0.1) is 16.2 Å². The Morgan fingerprint density at radius 1 is 1.32 bits per heavy atom. The summed E-state index contributed by atoms with van der Waals surface area (Å²) in [5, 5.41) is 13.5. The normalized spacial score (nSPS) is 10.2. The number of nitrogens with one attached hydrogen (secondary N) is 1. The van der Waals surface area contributed by atoms with Gasteiger partial charge in [-0.25, -0.2) is 0 Å². The van der Waals surface area contributed by atoms with Gasteiger partial charge in [0, 0.05) is 19.3 Å². The minimum absolute atomic E-state index is 0.00955. The summed E-state index contributed by atoms with van der Waals surface area (Å²) < 4.78 is 1.68. The number of benzene rings is 1. The molecule has 1 aromatic carbocycles. The molecule has 0 bridgehead atoms. The first kappa shape index (κ1) is 12.8. The van der Waals surface area contributed by atoms with E-state index in [9.17, 15) is 14.9 Å². The van der Waals surface area contributed by atoms with Gasteiger partial charge in [-0.3, -0.25) is 14.9 Å². The number of hydrogen-bond donors (Lipinski definition) is 1. The lowest BCUT2D eigenvalue weighted by atomic mass is 10.1. The van der Waals surface area contributed by atoms with Crippen molar-refractivity contribution in [3.63, 3.8) is 0 Å². The van der Waals surface area contributed by atoms with Gasteiger partial charge in [-0.05, 0) is 25.1 Å². The maximum absolute atomic E-state index is 12.0. The predicted octanol–water partition coefficient (Wildman–Crippen LogP) is 2.49. The molecule has 1 amide bonds. The molecule has 0 aliphatic heterocycles. The van der Waals surface area contributed by atoms with Crippen LogP contribution < -0.4 is 5.32 Å². The first-order valence-electron chi connectivity index (χ1n) is 5.67. The molecule has 0 radical (unpaired) electrons. The van der Waals surface area contributed by atoms with Crippen LogP contribution in [0.5, 0.6) is 0 Å². The summed E-state index contributed by atoms with van der Waals surface area (Å²) in [5.74, 6) is -0.295. The number of amides is 1. The fourth-order valence-electron chi connectivity index (χ4n) is 1.84. The third-order valence-electron chi connectivity index (χ3n) is 2.93. The minimum Gasteiger partial charge on any atom is -0.347 e. The molecule has 0 fully saturated rings. The van der Waals surface area contributed by atoms with Crippen LogP contribution in [0, 0.1) is 17.0 Å². The Hall–Kier alpha value is -2.63. The van der Waals surface area contributed by atoms with E-state index in [1.165, 1.54) is 6.07 Å². The Morgan fingerprint density at radius 3 is 2.63 bits per heavy atom. The van der Waals surface area contributed by atoms with E-state index >= 15 is 0 Å². The molecule has 2 rings (SSSR count). The first-order valence-corrected chi connectivity index (χ1v) is 5.67. The topological polar surface area (TPSA) is 77.2 Å². The van der Waals surface area contributed by atoms with Crippen LogP contribution in [0.4, 0.5) is 11.4 Å². The third kappa shape index (κ3) is 2.47. The van der Waals surface area contributed by atoms with Crippen LogP contribution in [0.3, 0.4) is 0 Å². The standard InChI is InChI=1S/C13H13N3O3/c1-9-10(5-3-6-11(9)16(18)19)14-13(17)12-7-4-8-15(12)2/h3-8H,1-2H3,(H,14,17).